The summed E-state index contributed by atoms with van der Waals surface area (Å²) in [6, 6.07) is 12.9. The van der Waals surface area contributed by atoms with E-state index in [2.05, 4.69) is 25.5 Å². The average Bonchev–Trinajstić information content (AvgIpc) is 3.29. The fourth-order valence-corrected chi connectivity index (χ4v) is 2.75. The van der Waals surface area contributed by atoms with Crippen LogP contribution in [0.5, 0.6) is 0 Å². The van der Waals surface area contributed by atoms with Gasteiger partial charge in [0, 0.05) is 6.20 Å². The van der Waals surface area contributed by atoms with Crippen molar-refractivity contribution in [1.82, 2.24) is 19.9 Å². The number of rotatable bonds is 3. The Labute approximate surface area is 144 Å². The molecule has 4 rings (SSSR count). The third-order valence-electron chi connectivity index (χ3n) is 4.13. The molecule has 1 unspecified atom stereocenters. The zero-order valence-electron chi connectivity index (χ0n) is 13.6. The number of hydrogen-bond acceptors (Lipinski definition) is 5. The van der Waals surface area contributed by atoms with Crippen LogP contribution in [-0.4, -0.2) is 32.0 Å². The number of amides is 1. The molecule has 1 amide bonds. The highest BCUT2D eigenvalue weighted by atomic mass is 16.2. The molecular weight excluding hydrogens is 316 g/mol. The van der Waals surface area contributed by atoms with Crippen molar-refractivity contribution >= 4 is 28.5 Å². The molecule has 1 atom stereocenters. The molecule has 0 saturated carbocycles. The number of imidazole rings is 1. The maximum absolute atomic E-state index is 12.6. The van der Waals surface area contributed by atoms with E-state index in [0.29, 0.717) is 12.3 Å². The summed E-state index contributed by atoms with van der Waals surface area (Å²) in [5, 5.41) is 11.0. The smallest absolute Gasteiger partial charge is 0.248 e. The molecule has 0 spiro atoms. The third kappa shape index (κ3) is 2.91. The number of pyridine rings is 1. The Balaban J connectivity index is 1.45. The van der Waals surface area contributed by atoms with E-state index in [4.69, 9.17) is 0 Å². The summed E-state index contributed by atoms with van der Waals surface area (Å²) >= 11 is 0. The average molecular weight is 332 g/mol. The van der Waals surface area contributed by atoms with Gasteiger partial charge < -0.3 is 9.88 Å². The molecule has 1 aliphatic heterocycles. The highest BCUT2D eigenvalue weighted by molar-refractivity contribution is 6.16. The Bertz CT molecular complexity index is 989. The van der Waals surface area contributed by atoms with E-state index in [0.717, 1.165) is 22.4 Å². The van der Waals surface area contributed by atoms with Crippen LogP contribution in [-0.2, 0) is 4.79 Å². The van der Waals surface area contributed by atoms with Crippen molar-refractivity contribution in [2.24, 2.45) is 10.2 Å². The van der Waals surface area contributed by atoms with Gasteiger partial charge in [0.25, 0.3) is 0 Å². The number of benzene rings is 1. The van der Waals surface area contributed by atoms with Crippen molar-refractivity contribution in [3.63, 3.8) is 0 Å². The molecule has 3 heterocycles. The minimum absolute atomic E-state index is 0.153. The number of nitrogens with one attached hydrogen (secondary N) is 1. The zero-order valence-corrected chi connectivity index (χ0v) is 13.6. The lowest BCUT2D eigenvalue weighted by molar-refractivity contribution is -0.122. The molecule has 7 nitrogen and oxygen atoms in total. The van der Waals surface area contributed by atoms with E-state index < -0.39 is 6.04 Å². The van der Waals surface area contributed by atoms with Crippen LogP contribution in [0.1, 0.15) is 25.1 Å². The molecule has 2 aromatic heterocycles. The van der Waals surface area contributed by atoms with Crippen LogP contribution in [0, 0.1) is 0 Å². The van der Waals surface area contributed by atoms with Crippen molar-refractivity contribution in [3.8, 4) is 0 Å². The molecule has 1 aromatic carbocycles. The van der Waals surface area contributed by atoms with Crippen LogP contribution in [0.2, 0.25) is 0 Å². The van der Waals surface area contributed by atoms with Crippen LogP contribution in [0.15, 0.2) is 65.2 Å². The van der Waals surface area contributed by atoms with E-state index in [1.807, 2.05) is 54.0 Å². The van der Waals surface area contributed by atoms with Crippen molar-refractivity contribution in [1.29, 1.82) is 0 Å². The lowest BCUT2D eigenvalue weighted by atomic mass is 10.1. The molecular formula is C18H16N6O. The lowest BCUT2D eigenvalue weighted by Crippen LogP contribution is -2.35. The van der Waals surface area contributed by atoms with Crippen LogP contribution in [0.4, 0.5) is 0 Å². The van der Waals surface area contributed by atoms with Gasteiger partial charge in [-0.3, -0.25) is 9.78 Å². The van der Waals surface area contributed by atoms with Gasteiger partial charge in [0.2, 0.25) is 5.91 Å². The monoisotopic (exact) mass is 332 g/mol. The zero-order chi connectivity index (χ0) is 17.2. The predicted molar refractivity (Wildman–Crippen MR) is 95.4 cm³/mol. The van der Waals surface area contributed by atoms with E-state index in [9.17, 15) is 4.79 Å². The van der Waals surface area contributed by atoms with Gasteiger partial charge in [-0.05, 0) is 31.2 Å². The van der Waals surface area contributed by atoms with Gasteiger partial charge in [-0.15, -0.1) is 5.10 Å². The van der Waals surface area contributed by atoms with E-state index in [1.165, 1.54) is 0 Å². The Morgan fingerprint density at radius 2 is 1.96 bits per heavy atom. The number of carbonyl (C=O) groups is 1. The minimum Gasteiger partial charge on any atom is -0.318 e. The van der Waals surface area contributed by atoms with E-state index >= 15 is 0 Å². The fraction of sp³-hybridized carbons (Fsp3) is 0.167. The summed E-state index contributed by atoms with van der Waals surface area (Å²) in [5.41, 5.74) is 3.30. The van der Waals surface area contributed by atoms with Crippen LogP contribution in [0.25, 0.3) is 11.0 Å². The Kier molecular flexibility index (Phi) is 3.81. The highest BCUT2D eigenvalue weighted by Gasteiger charge is 2.22. The van der Waals surface area contributed by atoms with Crippen molar-refractivity contribution in [2.45, 2.75) is 19.4 Å². The second-order valence-electron chi connectivity index (χ2n) is 5.79. The van der Waals surface area contributed by atoms with Gasteiger partial charge in [0.15, 0.2) is 0 Å². The summed E-state index contributed by atoms with van der Waals surface area (Å²) in [4.78, 5) is 21.2. The number of aromatic nitrogens is 3. The molecule has 0 bridgehead atoms. The van der Waals surface area contributed by atoms with Crippen LogP contribution < -0.4 is 5.32 Å². The largest absolute Gasteiger partial charge is 0.318 e. The van der Waals surface area contributed by atoms with Crippen LogP contribution >= 0.6 is 0 Å². The second kappa shape index (κ2) is 6.27. The van der Waals surface area contributed by atoms with Crippen molar-refractivity contribution in [2.75, 3.05) is 0 Å². The first-order valence-corrected chi connectivity index (χ1v) is 7.99. The van der Waals surface area contributed by atoms with Gasteiger partial charge in [-0.25, -0.2) is 4.98 Å². The Morgan fingerprint density at radius 1 is 1.12 bits per heavy atom. The molecule has 1 N–H and O–H groups in total. The van der Waals surface area contributed by atoms with E-state index in [-0.39, 0.29) is 5.91 Å². The summed E-state index contributed by atoms with van der Waals surface area (Å²) in [5.74, 6) is 0.376. The number of para-hydroxylation sites is 2. The van der Waals surface area contributed by atoms with Crippen molar-refractivity contribution in [3.05, 3.63) is 60.7 Å². The molecule has 0 saturated heterocycles. The quantitative estimate of drug-likeness (QED) is 0.799. The molecule has 0 fully saturated rings. The Morgan fingerprint density at radius 3 is 2.80 bits per heavy atom. The third-order valence-corrected chi connectivity index (χ3v) is 4.13. The summed E-state index contributed by atoms with van der Waals surface area (Å²) in [6.45, 7) is 1.83. The SMILES string of the molecule is CC(C(=O)NC1=NN=C(c2ccccn2)C1)n1cnc2ccccc21. The standard InChI is InChI=1S/C18H16N6O/c1-12(24-11-20-14-7-2-3-8-16(14)24)18(25)21-17-10-15(22-23-17)13-6-4-5-9-19-13/h2-9,11-12H,10H2,1H3,(H,21,23,25). The normalized spacial score (nSPS) is 14.9. The predicted octanol–water partition coefficient (Wildman–Crippen LogP) is 2.32. The first-order valence-electron chi connectivity index (χ1n) is 7.99. The van der Waals surface area contributed by atoms with Crippen molar-refractivity contribution < 1.29 is 4.79 Å². The number of hydrogen-bond donors (Lipinski definition) is 1. The van der Waals surface area contributed by atoms with Gasteiger partial charge in [0.1, 0.15) is 11.9 Å². The molecule has 7 heteroatoms. The van der Waals surface area contributed by atoms with Gasteiger partial charge >= 0.3 is 0 Å². The first kappa shape index (κ1) is 15.2. The Hall–Kier alpha value is -3.35. The van der Waals surface area contributed by atoms with Gasteiger partial charge in [-0.1, -0.05) is 18.2 Å². The molecule has 0 radical (unpaired) electrons. The molecule has 25 heavy (non-hydrogen) atoms. The summed E-state index contributed by atoms with van der Waals surface area (Å²) in [7, 11) is 0. The first-order chi connectivity index (χ1) is 12.2. The lowest BCUT2D eigenvalue weighted by Gasteiger charge is -2.14. The number of amidine groups is 1. The number of nitrogens with zero attached hydrogens (tertiary/aromatic N) is 5. The van der Waals surface area contributed by atoms with Crippen LogP contribution in [0.3, 0.4) is 0 Å². The highest BCUT2D eigenvalue weighted by Crippen LogP contribution is 2.17. The second-order valence-corrected chi connectivity index (χ2v) is 5.79. The minimum atomic E-state index is -0.408. The maximum atomic E-state index is 12.6. The number of carbonyl (C=O) groups excluding carboxylic acids is 1. The summed E-state index contributed by atoms with van der Waals surface area (Å²) < 4.78 is 1.85. The van der Waals surface area contributed by atoms with E-state index in [1.54, 1.807) is 12.5 Å². The van der Waals surface area contributed by atoms with Gasteiger partial charge in [-0.2, -0.15) is 5.10 Å². The molecule has 1 aliphatic rings. The topological polar surface area (TPSA) is 84.5 Å². The summed E-state index contributed by atoms with van der Waals surface area (Å²) in [6.07, 6.45) is 3.85. The van der Waals surface area contributed by atoms with Gasteiger partial charge in [0.05, 0.1) is 35.2 Å². The molecule has 0 aliphatic carbocycles. The fourth-order valence-electron chi connectivity index (χ4n) is 2.75. The molecule has 3 aromatic rings. The molecule has 124 valence electrons. The number of fused-ring (bicyclic) bond motifs is 1. The maximum Gasteiger partial charge on any atom is 0.248 e.